The zero-order chi connectivity index (χ0) is 13.7. The van der Waals surface area contributed by atoms with Crippen LogP contribution in [0.3, 0.4) is 0 Å². The summed E-state index contributed by atoms with van der Waals surface area (Å²) in [5, 5.41) is 0. The van der Waals surface area contributed by atoms with E-state index in [9.17, 15) is 13.2 Å². The van der Waals surface area contributed by atoms with Gasteiger partial charge in [0.2, 0.25) is 15.9 Å². The predicted octanol–water partition coefficient (Wildman–Crippen LogP) is 1.50. The van der Waals surface area contributed by atoms with E-state index in [4.69, 9.17) is 4.74 Å². The lowest BCUT2D eigenvalue weighted by atomic mass is 9.97. The molecule has 2 aliphatic rings. The third kappa shape index (κ3) is 4.95. The van der Waals surface area contributed by atoms with Crippen LogP contribution in [0, 0.1) is 0 Å². The first-order valence-electron chi connectivity index (χ1n) is 6.88. The summed E-state index contributed by atoms with van der Waals surface area (Å²) in [6.07, 6.45) is 7.76. The highest BCUT2D eigenvalue weighted by Gasteiger charge is 2.24. The summed E-state index contributed by atoms with van der Waals surface area (Å²) in [5.74, 6) is -0.538. The Kier molecular flexibility index (Phi) is 4.99. The Morgan fingerprint density at radius 1 is 1.37 bits per heavy atom. The van der Waals surface area contributed by atoms with Crippen LogP contribution >= 0.6 is 0 Å². The van der Waals surface area contributed by atoms with Gasteiger partial charge in [0.25, 0.3) is 0 Å². The number of rotatable bonds is 5. The summed E-state index contributed by atoms with van der Waals surface area (Å²) in [7, 11) is -3.57. The first-order chi connectivity index (χ1) is 9.05. The highest BCUT2D eigenvalue weighted by atomic mass is 32.2. The van der Waals surface area contributed by atoms with Crippen molar-refractivity contribution in [2.24, 2.45) is 0 Å². The standard InChI is InChI=1S/C13H21NO4S/c15-13(9-11-5-2-1-3-6-11)14-19(16,17)10-12-7-4-8-18-12/h5,12H,1-4,6-10H2,(H,14,15). The van der Waals surface area contributed by atoms with Crippen LogP contribution in [-0.4, -0.2) is 32.8 Å². The molecule has 0 bridgehead atoms. The number of sulfonamides is 1. The average molecular weight is 287 g/mol. The third-order valence-corrected chi connectivity index (χ3v) is 4.82. The lowest BCUT2D eigenvalue weighted by Gasteiger charge is -2.14. The van der Waals surface area contributed by atoms with E-state index in [-0.39, 0.29) is 18.3 Å². The molecule has 1 unspecified atom stereocenters. The van der Waals surface area contributed by atoms with E-state index in [0.29, 0.717) is 6.61 Å². The van der Waals surface area contributed by atoms with Crippen LogP contribution in [0.1, 0.15) is 44.9 Å². The van der Waals surface area contributed by atoms with Crippen LogP contribution < -0.4 is 4.72 Å². The molecule has 0 spiro atoms. The molecule has 5 nitrogen and oxygen atoms in total. The minimum Gasteiger partial charge on any atom is -0.377 e. The van der Waals surface area contributed by atoms with Gasteiger partial charge in [-0.05, 0) is 38.5 Å². The highest BCUT2D eigenvalue weighted by molar-refractivity contribution is 7.90. The molecule has 108 valence electrons. The number of carbonyl (C=O) groups excluding carboxylic acids is 1. The van der Waals surface area contributed by atoms with Crippen molar-refractivity contribution in [3.8, 4) is 0 Å². The number of allylic oxidation sites excluding steroid dienone is 1. The van der Waals surface area contributed by atoms with Crippen molar-refractivity contribution in [2.75, 3.05) is 12.4 Å². The molecular weight excluding hydrogens is 266 g/mol. The summed E-state index contributed by atoms with van der Waals surface area (Å²) in [4.78, 5) is 11.7. The van der Waals surface area contributed by atoms with Gasteiger partial charge in [-0.3, -0.25) is 9.52 Å². The minimum atomic E-state index is -3.57. The molecule has 0 aromatic heterocycles. The molecule has 1 heterocycles. The molecule has 0 aromatic rings. The molecule has 1 N–H and O–H groups in total. The molecule has 1 aliphatic carbocycles. The SMILES string of the molecule is O=C(CC1=CCCCC1)NS(=O)(=O)CC1CCCO1. The Balaban J connectivity index is 1.81. The number of amides is 1. The molecule has 0 aromatic carbocycles. The van der Waals surface area contributed by atoms with Crippen LogP contribution in [0.2, 0.25) is 0 Å². The van der Waals surface area contributed by atoms with Gasteiger partial charge in [0.05, 0.1) is 11.9 Å². The van der Waals surface area contributed by atoms with E-state index in [1.165, 1.54) is 0 Å². The van der Waals surface area contributed by atoms with Gasteiger partial charge in [0.1, 0.15) is 0 Å². The van der Waals surface area contributed by atoms with E-state index in [1.54, 1.807) is 0 Å². The number of hydrogen-bond donors (Lipinski definition) is 1. The van der Waals surface area contributed by atoms with Gasteiger partial charge in [-0.25, -0.2) is 8.42 Å². The maximum atomic E-state index is 11.8. The lowest BCUT2D eigenvalue weighted by Crippen LogP contribution is -2.36. The van der Waals surface area contributed by atoms with Crippen molar-refractivity contribution in [3.05, 3.63) is 11.6 Å². The summed E-state index contributed by atoms with van der Waals surface area (Å²) in [5.41, 5.74) is 1.05. The Bertz CT molecular complexity index is 449. The molecule has 1 fully saturated rings. The maximum absolute atomic E-state index is 11.8. The van der Waals surface area contributed by atoms with Gasteiger partial charge < -0.3 is 4.74 Å². The Hall–Kier alpha value is -0.880. The molecule has 1 saturated heterocycles. The van der Waals surface area contributed by atoms with E-state index >= 15 is 0 Å². The van der Waals surface area contributed by atoms with Gasteiger partial charge in [0.15, 0.2) is 0 Å². The highest BCUT2D eigenvalue weighted by Crippen LogP contribution is 2.20. The Morgan fingerprint density at radius 3 is 2.84 bits per heavy atom. The van der Waals surface area contributed by atoms with E-state index in [2.05, 4.69) is 10.8 Å². The number of hydrogen-bond acceptors (Lipinski definition) is 4. The second-order valence-electron chi connectivity index (χ2n) is 5.23. The third-order valence-electron chi connectivity index (χ3n) is 3.47. The summed E-state index contributed by atoms with van der Waals surface area (Å²) >= 11 is 0. The topological polar surface area (TPSA) is 72.5 Å². The van der Waals surface area contributed by atoms with Crippen molar-refractivity contribution >= 4 is 15.9 Å². The molecule has 1 aliphatic heterocycles. The fourth-order valence-corrected chi connectivity index (χ4v) is 3.80. The van der Waals surface area contributed by atoms with Gasteiger partial charge in [0, 0.05) is 13.0 Å². The zero-order valence-electron chi connectivity index (χ0n) is 11.1. The average Bonchev–Trinajstić information content (AvgIpc) is 2.81. The molecule has 6 heteroatoms. The Morgan fingerprint density at radius 2 is 2.21 bits per heavy atom. The normalized spacial score (nSPS) is 24.0. The van der Waals surface area contributed by atoms with Gasteiger partial charge >= 0.3 is 0 Å². The summed E-state index contributed by atoms with van der Waals surface area (Å²) in [6, 6.07) is 0. The quantitative estimate of drug-likeness (QED) is 0.778. The zero-order valence-corrected chi connectivity index (χ0v) is 11.9. The second-order valence-corrected chi connectivity index (χ2v) is 6.99. The van der Waals surface area contributed by atoms with Crippen molar-refractivity contribution in [1.29, 1.82) is 0 Å². The smallest absolute Gasteiger partial charge is 0.237 e. The van der Waals surface area contributed by atoms with Crippen molar-refractivity contribution in [1.82, 2.24) is 4.72 Å². The van der Waals surface area contributed by atoms with Gasteiger partial charge in [-0.2, -0.15) is 0 Å². The number of nitrogens with one attached hydrogen (secondary N) is 1. The number of ether oxygens (including phenoxy) is 1. The molecule has 1 atom stereocenters. The minimum absolute atomic E-state index is 0.113. The van der Waals surface area contributed by atoms with Crippen LogP contribution in [0.25, 0.3) is 0 Å². The van der Waals surface area contributed by atoms with Crippen molar-refractivity contribution < 1.29 is 17.9 Å². The van der Waals surface area contributed by atoms with Crippen LogP contribution in [-0.2, 0) is 19.6 Å². The monoisotopic (exact) mass is 287 g/mol. The van der Waals surface area contributed by atoms with E-state index in [0.717, 1.165) is 44.1 Å². The fourth-order valence-electron chi connectivity index (χ4n) is 2.54. The van der Waals surface area contributed by atoms with Crippen molar-refractivity contribution in [3.63, 3.8) is 0 Å². The maximum Gasteiger partial charge on any atom is 0.237 e. The summed E-state index contributed by atoms with van der Waals surface area (Å²) in [6.45, 7) is 0.612. The lowest BCUT2D eigenvalue weighted by molar-refractivity contribution is -0.118. The molecule has 2 rings (SSSR count). The van der Waals surface area contributed by atoms with E-state index in [1.807, 2.05) is 0 Å². The van der Waals surface area contributed by atoms with Gasteiger partial charge in [-0.15, -0.1) is 0 Å². The molecule has 1 amide bonds. The summed E-state index contributed by atoms with van der Waals surface area (Å²) < 4.78 is 31.0. The first-order valence-corrected chi connectivity index (χ1v) is 8.53. The van der Waals surface area contributed by atoms with Crippen LogP contribution in [0.4, 0.5) is 0 Å². The predicted molar refractivity (Wildman–Crippen MR) is 72.1 cm³/mol. The van der Waals surface area contributed by atoms with Gasteiger partial charge in [-0.1, -0.05) is 11.6 Å². The second kappa shape index (κ2) is 6.52. The van der Waals surface area contributed by atoms with Crippen molar-refractivity contribution in [2.45, 2.75) is 51.0 Å². The Labute approximate surface area is 114 Å². The fraction of sp³-hybridized carbons (Fsp3) is 0.769. The van der Waals surface area contributed by atoms with E-state index < -0.39 is 15.9 Å². The molecule has 0 radical (unpaired) electrons. The molecule has 0 saturated carbocycles. The number of carbonyl (C=O) groups is 1. The molecular formula is C13H21NO4S. The first kappa shape index (κ1) is 14.5. The van der Waals surface area contributed by atoms with Crippen LogP contribution in [0.5, 0.6) is 0 Å². The molecule has 19 heavy (non-hydrogen) atoms. The van der Waals surface area contributed by atoms with Crippen LogP contribution in [0.15, 0.2) is 11.6 Å². The largest absolute Gasteiger partial charge is 0.377 e.